The van der Waals surface area contributed by atoms with E-state index in [0.29, 0.717) is 5.88 Å². The minimum atomic E-state index is 0.696. The molecule has 0 bridgehead atoms. The molecule has 3 heterocycles. The Bertz CT molecular complexity index is 609. The van der Waals surface area contributed by atoms with Gasteiger partial charge in [-0.25, -0.2) is 4.98 Å². The highest BCUT2D eigenvalue weighted by Gasteiger charge is 2.09. The molecule has 2 aromatic heterocycles. The number of nitrogens with zero attached hydrogens (tertiary/aromatic N) is 3. The van der Waals surface area contributed by atoms with Crippen LogP contribution in [-0.4, -0.2) is 41.1 Å². The lowest BCUT2D eigenvalue weighted by atomic mass is 10.1. The van der Waals surface area contributed by atoms with Gasteiger partial charge in [0.15, 0.2) is 0 Å². The molecule has 4 nitrogen and oxygen atoms in total. The van der Waals surface area contributed by atoms with Crippen molar-refractivity contribution in [2.24, 2.45) is 0 Å². The number of thiophene rings is 1. The van der Waals surface area contributed by atoms with Crippen molar-refractivity contribution in [2.45, 2.75) is 45.4 Å². The van der Waals surface area contributed by atoms with E-state index < -0.39 is 0 Å². The first kappa shape index (κ1) is 17.4. The van der Waals surface area contributed by atoms with Gasteiger partial charge in [-0.05, 0) is 70.1 Å². The summed E-state index contributed by atoms with van der Waals surface area (Å²) in [6.07, 6.45) is 7.75. The van der Waals surface area contributed by atoms with Gasteiger partial charge in [-0.1, -0.05) is 12.5 Å². The number of piperidine rings is 1. The summed E-state index contributed by atoms with van der Waals surface area (Å²) in [6.45, 7) is 6.49. The number of hydrogen-bond donors (Lipinski definition) is 0. The largest absolute Gasteiger partial charge is 0.478 e. The van der Waals surface area contributed by atoms with E-state index >= 15 is 0 Å². The molecule has 3 rings (SSSR count). The van der Waals surface area contributed by atoms with Crippen molar-refractivity contribution < 1.29 is 4.74 Å². The summed E-state index contributed by atoms with van der Waals surface area (Å²) >= 11 is 1.69. The Balaban J connectivity index is 1.38. The molecule has 24 heavy (non-hydrogen) atoms. The molecule has 0 unspecified atom stereocenters. The predicted octanol–water partition coefficient (Wildman–Crippen LogP) is 4.55. The normalized spacial score (nSPS) is 15.5. The third-order valence-corrected chi connectivity index (χ3v) is 5.30. The fourth-order valence-electron chi connectivity index (χ4n) is 3.14. The van der Waals surface area contributed by atoms with Gasteiger partial charge in [0.05, 0.1) is 17.2 Å². The first-order chi connectivity index (χ1) is 11.8. The fourth-order valence-corrected chi connectivity index (χ4v) is 3.82. The van der Waals surface area contributed by atoms with Crippen LogP contribution in [0.3, 0.4) is 0 Å². The topological polar surface area (TPSA) is 38.2 Å². The van der Waals surface area contributed by atoms with Gasteiger partial charge in [-0.2, -0.15) is 4.98 Å². The maximum atomic E-state index is 5.86. The van der Waals surface area contributed by atoms with Gasteiger partial charge >= 0.3 is 0 Å². The van der Waals surface area contributed by atoms with E-state index in [1.54, 1.807) is 11.3 Å². The highest BCUT2D eigenvalue weighted by atomic mass is 32.1. The molecule has 1 saturated heterocycles. The smallest absolute Gasteiger partial charge is 0.217 e. The van der Waals surface area contributed by atoms with E-state index in [4.69, 9.17) is 4.74 Å². The van der Waals surface area contributed by atoms with Crippen molar-refractivity contribution in [3.63, 3.8) is 0 Å². The monoisotopic (exact) mass is 345 g/mol. The van der Waals surface area contributed by atoms with Crippen LogP contribution in [0.1, 0.15) is 44.3 Å². The molecule has 0 atom stereocenters. The maximum absolute atomic E-state index is 5.86. The van der Waals surface area contributed by atoms with E-state index in [1.807, 2.05) is 19.1 Å². The third kappa shape index (κ3) is 5.28. The molecule has 0 radical (unpaired) electrons. The standard InChI is InChI=1S/C19H27N3OS/c1-16-20-17(18-9-8-14-24-18)15-19(21-16)23-13-7-3-6-12-22-10-4-2-5-11-22/h8-9,14-15H,2-7,10-13H2,1H3. The molecule has 0 spiro atoms. The van der Waals surface area contributed by atoms with Crippen molar-refractivity contribution in [1.29, 1.82) is 0 Å². The molecule has 1 aliphatic heterocycles. The summed E-state index contributed by atoms with van der Waals surface area (Å²) in [5, 5.41) is 2.07. The van der Waals surface area contributed by atoms with Crippen molar-refractivity contribution >= 4 is 11.3 Å². The minimum absolute atomic E-state index is 0.696. The zero-order chi connectivity index (χ0) is 16.6. The molecular formula is C19H27N3OS. The molecule has 0 amide bonds. The van der Waals surface area contributed by atoms with Crippen LogP contribution in [0.4, 0.5) is 0 Å². The molecule has 0 saturated carbocycles. The predicted molar refractivity (Wildman–Crippen MR) is 99.7 cm³/mol. The van der Waals surface area contributed by atoms with Crippen LogP contribution in [0.25, 0.3) is 10.6 Å². The Kier molecular flexibility index (Phi) is 6.61. The molecule has 1 aliphatic rings. The van der Waals surface area contributed by atoms with E-state index in [-0.39, 0.29) is 0 Å². The quantitative estimate of drug-likeness (QED) is 0.658. The van der Waals surface area contributed by atoms with E-state index in [9.17, 15) is 0 Å². The highest BCUT2D eigenvalue weighted by molar-refractivity contribution is 7.13. The second-order valence-corrected chi connectivity index (χ2v) is 7.38. The molecule has 0 aromatic carbocycles. The number of likely N-dealkylation sites (tertiary alicyclic amines) is 1. The van der Waals surface area contributed by atoms with E-state index in [2.05, 4.69) is 26.3 Å². The first-order valence-electron chi connectivity index (χ1n) is 9.06. The molecule has 5 heteroatoms. The van der Waals surface area contributed by atoms with Crippen LogP contribution in [0.5, 0.6) is 5.88 Å². The number of rotatable bonds is 8. The van der Waals surface area contributed by atoms with Crippen LogP contribution in [-0.2, 0) is 0 Å². The van der Waals surface area contributed by atoms with Crippen molar-refractivity contribution in [2.75, 3.05) is 26.2 Å². The zero-order valence-corrected chi connectivity index (χ0v) is 15.4. The summed E-state index contributed by atoms with van der Waals surface area (Å²) < 4.78 is 5.86. The van der Waals surface area contributed by atoms with Crippen LogP contribution < -0.4 is 4.74 Å². The number of unbranched alkanes of at least 4 members (excludes halogenated alkanes) is 2. The SMILES string of the molecule is Cc1nc(OCCCCCN2CCCCC2)cc(-c2cccs2)n1. The molecular weight excluding hydrogens is 318 g/mol. The average Bonchev–Trinajstić information content (AvgIpc) is 3.13. The van der Waals surface area contributed by atoms with Crippen molar-refractivity contribution in [1.82, 2.24) is 14.9 Å². The van der Waals surface area contributed by atoms with Gasteiger partial charge < -0.3 is 9.64 Å². The van der Waals surface area contributed by atoms with Gasteiger partial charge in [0.25, 0.3) is 0 Å². The van der Waals surface area contributed by atoms with Gasteiger partial charge in [0.2, 0.25) is 5.88 Å². The summed E-state index contributed by atoms with van der Waals surface area (Å²) in [7, 11) is 0. The summed E-state index contributed by atoms with van der Waals surface area (Å²) in [5.74, 6) is 1.46. The summed E-state index contributed by atoms with van der Waals surface area (Å²) in [5.41, 5.74) is 0.956. The Morgan fingerprint density at radius 3 is 2.79 bits per heavy atom. The van der Waals surface area contributed by atoms with Gasteiger partial charge in [0.1, 0.15) is 5.82 Å². The Hall–Kier alpha value is -1.46. The second kappa shape index (κ2) is 9.14. The summed E-state index contributed by atoms with van der Waals surface area (Å²) in [4.78, 5) is 12.7. The molecule has 1 fully saturated rings. The number of ether oxygens (including phenoxy) is 1. The van der Waals surface area contributed by atoms with Crippen LogP contribution >= 0.6 is 11.3 Å². The van der Waals surface area contributed by atoms with Crippen LogP contribution in [0.2, 0.25) is 0 Å². The van der Waals surface area contributed by atoms with Gasteiger partial charge in [-0.3, -0.25) is 0 Å². The van der Waals surface area contributed by atoms with E-state index in [0.717, 1.165) is 29.4 Å². The van der Waals surface area contributed by atoms with Crippen LogP contribution in [0.15, 0.2) is 23.6 Å². The number of aryl methyl sites for hydroxylation is 1. The summed E-state index contributed by atoms with van der Waals surface area (Å²) in [6, 6.07) is 6.07. The van der Waals surface area contributed by atoms with Crippen LogP contribution in [0, 0.1) is 6.92 Å². The van der Waals surface area contributed by atoms with Crippen molar-refractivity contribution in [3.05, 3.63) is 29.4 Å². The highest BCUT2D eigenvalue weighted by Crippen LogP contribution is 2.25. The fraction of sp³-hybridized carbons (Fsp3) is 0.579. The second-order valence-electron chi connectivity index (χ2n) is 6.43. The Morgan fingerprint density at radius 1 is 1.12 bits per heavy atom. The molecule has 130 valence electrons. The first-order valence-corrected chi connectivity index (χ1v) is 9.94. The zero-order valence-electron chi connectivity index (χ0n) is 14.5. The maximum Gasteiger partial charge on any atom is 0.217 e. The van der Waals surface area contributed by atoms with E-state index in [1.165, 1.54) is 51.7 Å². The number of aromatic nitrogens is 2. The third-order valence-electron chi connectivity index (χ3n) is 4.41. The Morgan fingerprint density at radius 2 is 2.00 bits per heavy atom. The molecule has 0 aliphatic carbocycles. The molecule has 2 aromatic rings. The van der Waals surface area contributed by atoms with Gasteiger partial charge in [0, 0.05) is 6.07 Å². The lowest BCUT2D eigenvalue weighted by Gasteiger charge is -2.26. The number of hydrogen-bond acceptors (Lipinski definition) is 5. The minimum Gasteiger partial charge on any atom is -0.478 e. The van der Waals surface area contributed by atoms with Gasteiger partial charge in [-0.15, -0.1) is 11.3 Å². The molecule has 0 N–H and O–H groups in total. The van der Waals surface area contributed by atoms with Crippen molar-refractivity contribution in [3.8, 4) is 16.5 Å². The Labute approximate surface area is 148 Å². The lowest BCUT2D eigenvalue weighted by molar-refractivity contribution is 0.220. The lowest BCUT2D eigenvalue weighted by Crippen LogP contribution is -2.30. The average molecular weight is 346 g/mol.